The summed E-state index contributed by atoms with van der Waals surface area (Å²) in [5.74, 6) is -1.03. The van der Waals surface area contributed by atoms with Crippen LogP contribution in [0.15, 0.2) is 42.0 Å². The molecular formula is C16H12Cl2F2Hf. The van der Waals surface area contributed by atoms with E-state index in [2.05, 4.69) is 0 Å². The average Bonchev–Trinajstić information content (AvgIpc) is 2.80. The summed E-state index contributed by atoms with van der Waals surface area (Å²) in [6.45, 7) is 2.03. The minimum absolute atomic E-state index is 0.0697. The van der Waals surface area contributed by atoms with Gasteiger partial charge < -0.3 is 0 Å². The fourth-order valence-electron chi connectivity index (χ4n) is 2.51. The van der Waals surface area contributed by atoms with Crippen LogP contribution in [-0.2, 0) is 27.0 Å². The van der Waals surface area contributed by atoms with Crippen LogP contribution >= 0.6 is 17.2 Å². The van der Waals surface area contributed by atoms with Gasteiger partial charge in [0.05, 0.1) is 5.56 Å². The molecule has 2 aromatic carbocycles. The van der Waals surface area contributed by atoms with E-state index >= 15 is 0 Å². The zero-order valence-electron chi connectivity index (χ0n) is 11.3. The van der Waals surface area contributed by atoms with Crippen LogP contribution in [0.5, 0.6) is 0 Å². The van der Waals surface area contributed by atoms with E-state index in [-0.39, 0.29) is 5.56 Å². The molecule has 0 radical (unpaired) electrons. The van der Waals surface area contributed by atoms with Crippen molar-refractivity contribution in [2.24, 2.45) is 0 Å². The van der Waals surface area contributed by atoms with Gasteiger partial charge >= 0.3 is 37.7 Å². The Morgan fingerprint density at radius 1 is 1.00 bits per heavy atom. The number of hydrogen-bond donors (Lipinski definition) is 0. The predicted molar refractivity (Wildman–Crippen MR) is 80.9 cm³/mol. The summed E-state index contributed by atoms with van der Waals surface area (Å²) in [5, 5.41) is 0. The second-order valence-electron chi connectivity index (χ2n) is 4.71. The molecule has 0 amide bonds. The number of fused-ring (bicyclic) bond motifs is 1. The molecule has 1 aliphatic carbocycles. The molecule has 0 fully saturated rings. The Morgan fingerprint density at radius 3 is 2.19 bits per heavy atom. The van der Waals surface area contributed by atoms with E-state index in [0.717, 1.165) is 17.5 Å². The van der Waals surface area contributed by atoms with Crippen molar-refractivity contribution in [3.63, 3.8) is 0 Å². The molecule has 0 atom stereocenters. The predicted octanol–water partition coefficient (Wildman–Crippen LogP) is 5.97. The van der Waals surface area contributed by atoms with Crippen LogP contribution in [-0.4, -0.2) is 0 Å². The molecule has 3 rings (SSSR count). The summed E-state index contributed by atoms with van der Waals surface area (Å²) in [7, 11) is 9.92. The van der Waals surface area contributed by atoms with E-state index in [4.69, 9.17) is 17.2 Å². The van der Waals surface area contributed by atoms with Gasteiger partial charge in [0, 0.05) is 0 Å². The Morgan fingerprint density at radius 2 is 1.57 bits per heavy atom. The van der Waals surface area contributed by atoms with E-state index in [0.29, 0.717) is 5.56 Å². The number of rotatable bonds is 1. The molecule has 0 aliphatic heterocycles. The summed E-state index contributed by atoms with van der Waals surface area (Å²) < 4.78 is 27.7. The summed E-state index contributed by atoms with van der Waals surface area (Å²) in [5.41, 5.74) is 4.00. The molecular weight excluding hydrogens is 480 g/mol. The average molecular weight is 492 g/mol. The van der Waals surface area contributed by atoms with Crippen molar-refractivity contribution in [2.45, 2.75) is 13.3 Å². The molecule has 0 aromatic heterocycles. The first-order valence-electron chi connectivity index (χ1n) is 6.28. The van der Waals surface area contributed by atoms with Crippen LogP contribution in [0.3, 0.4) is 0 Å². The van der Waals surface area contributed by atoms with Gasteiger partial charge in [-0.15, -0.1) is 0 Å². The third-order valence-corrected chi connectivity index (χ3v) is 3.29. The van der Waals surface area contributed by atoms with Crippen molar-refractivity contribution in [3.05, 3.63) is 64.7 Å². The van der Waals surface area contributed by atoms with E-state index in [1.807, 2.05) is 25.1 Å². The Bertz CT molecular complexity index is 664. The SMILES string of the molecule is CC1=Cc2c(cccc2-c2c(F)cccc2F)C1.[Cl][Hf][Cl]. The normalized spacial score (nSPS) is 12.1. The van der Waals surface area contributed by atoms with E-state index in [1.165, 1.54) is 23.8 Å². The minimum atomic E-state index is -0.972. The van der Waals surface area contributed by atoms with Gasteiger partial charge in [0.15, 0.2) is 0 Å². The standard InChI is InChI=1S/C16H12F2.2ClH.Hf/c1-10-8-11-4-2-5-12(13(11)9-10)16-14(17)6-3-7-15(16)18;;;/h2-7,9H,8H2,1H3;2*1H;/q;;;+2/p-2. The maximum atomic E-state index is 13.8. The molecule has 0 heterocycles. The molecule has 0 bridgehead atoms. The van der Waals surface area contributed by atoms with Gasteiger partial charge in [0.25, 0.3) is 0 Å². The first-order valence-corrected chi connectivity index (χ1v) is 15.2. The maximum absolute atomic E-state index is 13.8. The van der Waals surface area contributed by atoms with Crippen molar-refractivity contribution in [2.75, 3.05) is 0 Å². The van der Waals surface area contributed by atoms with Crippen LogP contribution in [0, 0.1) is 11.6 Å². The first kappa shape index (κ1) is 16.9. The zero-order chi connectivity index (χ0) is 15.4. The van der Waals surface area contributed by atoms with Crippen molar-refractivity contribution in [1.82, 2.24) is 0 Å². The fourth-order valence-corrected chi connectivity index (χ4v) is 2.51. The van der Waals surface area contributed by atoms with Gasteiger partial charge in [0.2, 0.25) is 0 Å². The summed E-state index contributed by atoms with van der Waals surface area (Å²) in [4.78, 5) is 0. The van der Waals surface area contributed by atoms with Crippen molar-refractivity contribution < 1.29 is 29.3 Å². The van der Waals surface area contributed by atoms with Gasteiger partial charge in [0.1, 0.15) is 11.6 Å². The van der Waals surface area contributed by atoms with Crippen LogP contribution in [0.1, 0.15) is 18.1 Å². The molecule has 1 aliphatic rings. The van der Waals surface area contributed by atoms with Crippen LogP contribution in [0.25, 0.3) is 17.2 Å². The second kappa shape index (κ2) is 7.66. The van der Waals surface area contributed by atoms with Gasteiger partial charge in [-0.05, 0) is 42.2 Å². The number of halogens is 4. The van der Waals surface area contributed by atoms with Crippen molar-refractivity contribution in [1.29, 1.82) is 0 Å². The topological polar surface area (TPSA) is 0 Å². The second-order valence-corrected chi connectivity index (χ2v) is 9.90. The third kappa shape index (κ3) is 3.82. The van der Waals surface area contributed by atoms with Gasteiger partial charge in [-0.1, -0.05) is 35.9 Å². The van der Waals surface area contributed by atoms with E-state index in [1.54, 1.807) is 6.07 Å². The molecule has 0 nitrogen and oxygen atoms in total. The molecule has 0 unspecified atom stereocenters. The van der Waals surface area contributed by atoms with Crippen LogP contribution in [0.4, 0.5) is 8.78 Å². The van der Waals surface area contributed by atoms with Gasteiger partial charge in [-0.2, -0.15) is 0 Å². The van der Waals surface area contributed by atoms with Gasteiger partial charge in [-0.25, -0.2) is 8.78 Å². The van der Waals surface area contributed by atoms with Crippen LogP contribution in [0.2, 0.25) is 0 Å². The molecule has 2 aromatic rings. The molecule has 108 valence electrons. The Hall–Kier alpha value is -0.510. The zero-order valence-corrected chi connectivity index (χ0v) is 16.4. The number of allylic oxidation sites excluding steroid dienone is 1. The van der Waals surface area contributed by atoms with Crippen molar-refractivity contribution >= 4 is 23.2 Å². The number of benzene rings is 2. The molecule has 5 heteroatoms. The summed E-state index contributed by atoms with van der Waals surface area (Å²) in [6.07, 6.45) is 2.87. The quantitative estimate of drug-likeness (QED) is 0.432. The fraction of sp³-hybridized carbons (Fsp3) is 0.125. The van der Waals surface area contributed by atoms with Gasteiger partial charge in [-0.3, -0.25) is 0 Å². The third-order valence-electron chi connectivity index (χ3n) is 3.29. The Balaban J connectivity index is 0.000000497. The van der Waals surface area contributed by atoms with Crippen molar-refractivity contribution in [3.8, 4) is 11.1 Å². The Labute approximate surface area is 141 Å². The van der Waals surface area contributed by atoms with Crippen LogP contribution < -0.4 is 0 Å². The monoisotopic (exact) mass is 492 g/mol. The summed E-state index contributed by atoms with van der Waals surface area (Å²) >= 11 is -0.972. The summed E-state index contributed by atoms with van der Waals surface area (Å²) in [6, 6.07) is 9.61. The number of hydrogen-bond acceptors (Lipinski definition) is 0. The first-order chi connectivity index (χ1) is 10.1. The Kier molecular flexibility index (Phi) is 6.15. The molecule has 21 heavy (non-hydrogen) atoms. The molecule has 0 saturated carbocycles. The van der Waals surface area contributed by atoms with E-state index < -0.39 is 32.2 Å². The molecule has 0 spiro atoms. The molecule has 0 saturated heterocycles. The molecule has 0 N–H and O–H groups in total. The van der Waals surface area contributed by atoms with E-state index in [9.17, 15) is 8.78 Å².